The van der Waals surface area contributed by atoms with E-state index >= 15 is 0 Å². The normalized spacial score (nSPS) is 17.5. The molecule has 0 aromatic heterocycles. The number of fused-ring (bicyclic) bond motifs is 1. The fraction of sp³-hybridized carbons (Fsp3) is 0.214. The van der Waals surface area contributed by atoms with Crippen molar-refractivity contribution in [2.75, 3.05) is 13.2 Å². The molecule has 0 aliphatic carbocycles. The van der Waals surface area contributed by atoms with Crippen molar-refractivity contribution in [3.63, 3.8) is 0 Å². The first-order chi connectivity index (χ1) is 16.0. The van der Waals surface area contributed by atoms with Gasteiger partial charge in [0.2, 0.25) is 0 Å². The number of amides is 1. The third-order valence-electron chi connectivity index (χ3n) is 5.86. The van der Waals surface area contributed by atoms with Crippen LogP contribution < -0.4 is 4.74 Å². The van der Waals surface area contributed by atoms with Crippen molar-refractivity contribution in [1.82, 2.24) is 4.90 Å². The Morgan fingerprint density at radius 3 is 2.61 bits per heavy atom. The lowest BCUT2D eigenvalue weighted by molar-refractivity contribution is -0.139. The number of benzene rings is 3. The van der Waals surface area contributed by atoms with Gasteiger partial charge in [-0.1, -0.05) is 74.5 Å². The maximum Gasteiger partial charge on any atom is 0.295 e. The predicted molar refractivity (Wildman–Crippen MR) is 130 cm³/mol. The molecule has 0 radical (unpaired) electrons. The van der Waals surface area contributed by atoms with Crippen molar-refractivity contribution >= 4 is 28.2 Å². The highest BCUT2D eigenvalue weighted by Crippen LogP contribution is 2.40. The summed E-state index contributed by atoms with van der Waals surface area (Å²) >= 11 is 0. The summed E-state index contributed by atoms with van der Waals surface area (Å²) < 4.78 is 5.67. The highest BCUT2D eigenvalue weighted by molar-refractivity contribution is 6.46. The number of aliphatic hydroxyl groups excluding tert-OH is 1. The lowest BCUT2D eigenvalue weighted by Crippen LogP contribution is -2.30. The third-order valence-corrected chi connectivity index (χ3v) is 5.86. The largest absolute Gasteiger partial charge is 0.507 e. The molecule has 5 nitrogen and oxygen atoms in total. The van der Waals surface area contributed by atoms with E-state index in [1.54, 1.807) is 17.0 Å². The van der Waals surface area contributed by atoms with Crippen LogP contribution in [0.4, 0.5) is 0 Å². The van der Waals surface area contributed by atoms with Crippen LogP contribution in [0.2, 0.25) is 0 Å². The molecule has 1 amide bonds. The van der Waals surface area contributed by atoms with E-state index in [2.05, 4.69) is 6.58 Å². The number of hydrogen-bond donors (Lipinski definition) is 1. The van der Waals surface area contributed by atoms with Gasteiger partial charge < -0.3 is 14.7 Å². The van der Waals surface area contributed by atoms with Gasteiger partial charge in [-0.05, 0) is 41.0 Å². The molecule has 3 aromatic carbocycles. The lowest BCUT2D eigenvalue weighted by Gasteiger charge is -2.25. The number of Topliss-reactive ketones (excluding diaryl/α,β-unsaturated/α-hetero) is 1. The van der Waals surface area contributed by atoms with Crippen LogP contribution in [0.15, 0.2) is 85.0 Å². The van der Waals surface area contributed by atoms with Crippen LogP contribution in [0.3, 0.4) is 0 Å². The SMILES string of the molecule is C=CCOc1cccc(C2/C(=C(/O)c3ccc4ccccc4c3)C(=O)C(=O)N2CCCC)c1. The van der Waals surface area contributed by atoms with E-state index in [9.17, 15) is 14.7 Å². The zero-order valence-corrected chi connectivity index (χ0v) is 18.7. The monoisotopic (exact) mass is 441 g/mol. The van der Waals surface area contributed by atoms with Gasteiger partial charge in [0, 0.05) is 12.1 Å². The molecular formula is C28H27NO4. The first-order valence-electron chi connectivity index (χ1n) is 11.2. The van der Waals surface area contributed by atoms with E-state index in [1.807, 2.05) is 67.6 Å². The second-order valence-electron chi connectivity index (χ2n) is 8.08. The molecule has 5 heteroatoms. The Morgan fingerprint density at radius 2 is 1.85 bits per heavy atom. The fourth-order valence-corrected chi connectivity index (χ4v) is 4.21. The number of ether oxygens (including phenoxy) is 1. The molecule has 1 fully saturated rings. The summed E-state index contributed by atoms with van der Waals surface area (Å²) in [6.45, 7) is 6.47. The van der Waals surface area contributed by atoms with E-state index in [0.717, 1.165) is 23.6 Å². The maximum absolute atomic E-state index is 13.1. The van der Waals surface area contributed by atoms with Crippen molar-refractivity contribution in [3.05, 3.63) is 96.1 Å². The molecule has 1 N–H and O–H groups in total. The molecule has 1 unspecified atom stereocenters. The topological polar surface area (TPSA) is 66.8 Å². The molecule has 33 heavy (non-hydrogen) atoms. The van der Waals surface area contributed by atoms with Crippen LogP contribution in [0.5, 0.6) is 5.75 Å². The van der Waals surface area contributed by atoms with Crippen molar-refractivity contribution in [2.45, 2.75) is 25.8 Å². The number of aliphatic hydroxyl groups is 1. The van der Waals surface area contributed by atoms with Gasteiger partial charge in [-0.2, -0.15) is 0 Å². The molecule has 3 aromatic rings. The zero-order chi connectivity index (χ0) is 23.4. The molecule has 0 spiro atoms. The summed E-state index contributed by atoms with van der Waals surface area (Å²) in [6, 6.07) is 19.9. The van der Waals surface area contributed by atoms with Gasteiger partial charge in [0.05, 0.1) is 11.6 Å². The average Bonchev–Trinajstić information content (AvgIpc) is 3.10. The number of ketones is 1. The number of rotatable bonds is 8. The van der Waals surface area contributed by atoms with Gasteiger partial charge in [-0.3, -0.25) is 9.59 Å². The quantitative estimate of drug-likeness (QED) is 0.213. The number of carbonyl (C=O) groups excluding carboxylic acids is 2. The van der Waals surface area contributed by atoms with E-state index in [4.69, 9.17) is 4.74 Å². The van der Waals surface area contributed by atoms with Gasteiger partial charge >= 0.3 is 0 Å². The number of likely N-dealkylation sites (tertiary alicyclic amines) is 1. The van der Waals surface area contributed by atoms with Crippen LogP contribution in [-0.4, -0.2) is 34.8 Å². The molecule has 0 saturated carbocycles. The summed E-state index contributed by atoms with van der Waals surface area (Å²) in [5.74, 6) is -0.813. The number of nitrogens with zero attached hydrogens (tertiary/aromatic N) is 1. The van der Waals surface area contributed by atoms with Crippen LogP contribution in [0.25, 0.3) is 16.5 Å². The van der Waals surface area contributed by atoms with Crippen molar-refractivity contribution in [1.29, 1.82) is 0 Å². The molecule has 1 aliphatic heterocycles. The Morgan fingerprint density at radius 1 is 1.06 bits per heavy atom. The first kappa shape index (κ1) is 22.3. The predicted octanol–water partition coefficient (Wildman–Crippen LogP) is 5.63. The Kier molecular flexibility index (Phi) is 6.59. The number of unbranched alkanes of at least 4 members (excludes halogenated alkanes) is 1. The second kappa shape index (κ2) is 9.74. The Hall–Kier alpha value is -3.86. The summed E-state index contributed by atoms with van der Waals surface area (Å²) in [5, 5.41) is 13.3. The third kappa shape index (κ3) is 4.40. The molecule has 4 rings (SSSR count). The second-order valence-corrected chi connectivity index (χ2v) is 8.08. The highest BCUT2D eigenvalue weighted by atomic mass is 16.5. The fourth-order valence-electron chi connectivity index (χ4n) is 4.21. The number of hydrogen-bond acceptors (Lipinski definition) is 4. The standard InChI is InChI=1S/C28H27NO4/c1-3-5-15-29-25(21-11-8-12-23(18-21)33-16-4-2)24(27(31)28(29)32)26(30)22-14-13-19-9-6-7-10-20(19)17-22/h4,6-14,17-18,25,30H,2-3,5,15-16H2,1H3/b26-24-. The van der Waals surface area contributed by atoms with Crippen LogP contribution in [0.1, 0.15) is 36.9 Å². The first-order valence-corrected chi connectivity index (χ1v) is 11.2. The van der Waals surface area contributed by atoms with Crippen LogP contribution >= 0.6 is 0 Å². The summed E-state index contributed by atoms with van der Waals surface area (Å²) in [5.41, 5.74) is 1.33. The minimum Gasteiger partial charge on any atom is -0.507 e. The van der Waals surface area contributed by atoms with Crippen LogP contribution in [0, 0.1) is 0 Å². The van der Waals surface area contributed by atoms with Crippen molar-refractivity contribution in [3.8, 4) is 5.75 Å². The minimum atomic E-state index is -0.685. The van der Waals surface area contributed by atoms with Gasteiger partial charge in [-0.15, -0.1) is 0 Å². The van der Waals surface area contributed by atoms with E-state index in [-0.39, 0.29) is 11.3 Å². The maximum atomic E-state index is 13.1. The Labute approximate surface area is 193 Å². The van der Waals surface area contributed by atoms with Crippen molar-refractivity contribution < 1.29 is 19.4 Å². The molecule has 1 heterocycles. The van der Waals surface area contributed by atoms with Gasteiger partial charge in [-0.25, -0.2) is 0 Å². The molecule has 1 atom stereocenters. The lowest BCUT2D eigenvalue weighted by atomic mass is 9.94. The highest BCUT2D eigenvalue weighted by Gasteiger charge is 2.45. The zero-order valence-electron chi connectivity index (χ0n) is 18.7. The van der Waals surface area contributed by atoms with Gasteiger partial charge in [0.15, 0.2) is 0 Å². The number of carbonyl (C=O) groups is 2. The molecular weight excluding hydrogens is 414 g/mol. The average molecular weight is 442 g/mol. The minimum absolute atomic E-state index is 0.104. The molecule has 0 bridgehead atoms. The van der Waals surface area contributed by atoms with Gasteiger partial charge in [0.25, 0.3) is 11.7 Å². The summed E-state index contributed by atoms with van der Waals surface area (Å²) in [4.78, 5) is 27.7. The summed E-state index contributed by atoms with van der Waals surface area (Å²) in [7, 11) is 0. The van der Waals surface area contributed by atoms with E-state index in [0.29, 0.717) is 30.0 Å². The Bertz CT molecular complexity index is 1240. The van der Waals surface area contributed by atoms with E-state index in [1.165, 1.54) is 0 Å². The van der Waals surface area contributed by atoms with Crippen LogP contribution in [-0.2, 0) is 9.59 Å². The van der Waals surface area contributed by atoms with E-state index < -0.39 is 17.7 Å². The summed E-state index contributed by atoms with van der Waals surface area (Å²) in [6.07, 6.45) is 3.29. The molecule has 168 valence electrons. The molecule has 1 saturated heterocycles. The smallest absolute Gasteiger partial charge is 0.295 e. The molecule has 1 aliphatic rings. The Balaban J connectivity index is 1.85. The van der Waals surface area contributed by atoms with Crippen molar-refractivity contribution in [2.24, 2.45) is 0 Å². The van der Waals surface area contributed by atoms with Gasteiger partial charge in [0.1, 0.15) is 18.1 Å².